The Morgan fingerprint density at radius 2 is 1.61 bits per heavy atom. The second-order valence-corrected chi connectivity index (χ2v) is 11.5. The molecule has 4 rings (SSSR count). The van der Waals surface area contributed by atoms with E-state index in [-0.39, 0.29) is 24.0 Å². The van der Waals surface area contributed by atoms with Crippen LogP contribution in [0, 0.1) is 6.92 Å². The predicted octanol–water partition coefficient (Wildman–Crippen LogP) is 4.79. The number of methoxy groups -OCH3 is 3. The third-order valence-electron chi connectivity index (χ3n) is 6.24. The molecule has 0 bridgehead atoms. The molecule has 1 heterocycles. The van der Waals surface area contributed by atoms with E-state index in [4.69, 9.17) is 25.8 Å². The number of benzene rings is 3. The van der Waals surface area contributed by atoms with Crippen LogP contribution in [-0.2, 0) is 19.6 Å². The number of imidazole rings is 1. The Morgan fingerprint density at radius 1 is 0.976 bits per heavy atom. The number of carbonyl (C=O) groups is 1. The number of anilines is 1. The lowest BCUT2D eigenvalue weighted by Crippen LogP contribution is -2.40. The summed E-state index contributed by atoms with van der Waals surface area (Å²) in [6.07, 6.45) is 1.75. The Hall–Kier alpha value is -3.90. The van der Waals surface area contributed by atoms with Crippen molar-refractivity contribution in [2.24, 2.45) is 0 Å². The second-order valence-electron chi connectivity index (χ2n) is 9.09. The molecule has 0 aliphatic carbocycles. The zero-order chi connectivity index (χ0) is 29.6. The first-order valence-electron chi connectivity index (χ1n) is 12.6. The first-order chi connectivity index (χ1) is 19.6. The van der Waals surface area contributed by atoms with E-state index in [9.17, 15) is 13.2 Å². The molecular weight excluding hydrogens is 568 g/mol. The number of rotatable bonds is 12. The summed E-state index contributed by atoms with van der Waals surface area (Å²) in [5, 5.41) is 3.36. The van der Waals surface area contributed by atoms with Crippen molar-refractivity contribution in [2.75, 3.05) is 46.3 Å². The molecule has 0 saturated heterocycles. The van der Waals surface area contributed by atoms with Crippen LogP contribution in [0.4, 0.5) is 5.95 Å². The molecule has 0 fully saturated rings. The lowest BCUT2D eigenvalue weighted by molar-refractivity contribution is -0.116. The van der Waals surface area contributed by atoms with E-state index in [1.807, 2.05) is 19.1 Å². The number of nitrogens with one attached hydrogen (secondary N) is 1. The van der Waals surface area contributed by atoms with E-state index in [0.29, 0.717) is 27.9 Å². The fourth-order valence-electron chi connectivity index (χ4n) is 4.02. The molecule has 12 heteroatoms. The lowest BCUT2D eigenvalue weighted by atomic mass is 10.2. The maximum Gasteiger partial charge on any atom is 0.243 e. The highest BCUT2D eigenvalue weighted by Gasteiger charge is 2.27. The minimum atomic E-state index is -3.98. The van der Waals surface area contributed by atoms with Gasteiger partial charge in [0.25, 0.3) is 0 Å². The van der Waals surface area contributed by atoms with Crippen LogP contribution < -0.4 is 14.8 Å². The van der Waals surface area contributed by atoms with Gasteiger partial charge in [-0.25, -0.2) is 13.4 Å². The summed E-state index contributed by atoms with van der Waals surface area (Å²) in [6, 6.07) is 18.8. The molecule has 10 nitrogen and oxygen atoms in total. The Morgan fingerprint density at radius 3 is 2.20 bits per heavy atom. The molecule has 1 aromatic heterocycles. The largest absolute Gasteiger partial charge is 0.497 e. The highest BCUT2D eigenvalue weighted by atomic mass is 35.5. The van der Waals surface area contributed by atoms with Crippen molar-refractivity contribution in [3.05, 3.63) is 83.5 Å². The minimum Gasteiger partial charge on any atom is -0.497 e. The molecule has 0 aliphatic rings. The van der Waals surface area contributed by atoms with Crippen molar-refractivity contribution in [1.29, 1.82) is 0 Å². The zero-order valence-corrected chi connectivity index (χ0v) is 24.7. The molecule has 41 heavy (non-hydrogen) atoms. The summed E-state index contributed by atoms with van der Waals surface area (Å²) in [7, 11) is 0.565. The first-order valence-corrected chi connectivity index (χ1v) is 14.4. The number of aromatic nitrogens is 2. The number of carbonyl (C=O) groups excluding carboxylic acids is 1. The topological polar surface area (TPSA) is 112 Å². The van der Waals surface area contributed by atoms with Gasteiger partial charge in [0.2, 0.25) is 21.9 Å². The number of hydrogen-bond donors (Lipinski definition) is 1. The van der Waals surface area contributed by atoms with Crippen LogP contribution in [0.25, 0.3) is 16.9 Å². The molecule has 3 aromatic carbocycles. The number of amides is 1. The second kappa shape index (κ2) is 13.2. The molecule has 4 aromatic rings. The highest BCUT2D eigenvalue weighted by Crippen LogP contribution is 2.30. The van der Waals surface area contributed by atoms with E-state index in [0.717, 1.165) is 15.4 Å². The summed E-state index contributed by atoms with van der Waals surface area (Å²) in [5.41, 5.74) is 2.85. The van der Waals surface area contributed by atoms with E-state index >= 15 is 0 Å². The van der Waals surface area contributed by atoms with Gasteiger partial charge in [-0.05, 0) is 31.2 Å². The molecule has 0 saturated carbocycles. The molecular formula is C29H31ClN4O6S. The van der Waals surface area contributed by atoms with Crippen molar-refractivity contribution in [3.8, 4) is 28.4 Å². The van der Waals surface area contributed by atoms with Gasteiger partial charge in [0.1, 0.15) is 11.5 Å². The van der Waals surface area contributed by atoms with Crippen molar-refractivity contribution in [1.82, 2.24) is 13.9 Å². The summed E-state index contributed by atoms with van der Waals surface area (Å²) in [5.74, 6) is 0.664. The van der Waals surface area contributed by atoms with Gasteiger partial charge in [0, 0.05) is 48.6 Å². The standard InChI is InChI=1S/C29H31ClN4O6S/c1-20-5-11-26(12-6-20)41(36,37)33(13-14-38-2)19-28(35)32-29-31-27(21-7-9-22(30)10-8-21)18-34(29)23-15-24(39-3)17-25(16-23)40-4/h5-12,15-18H,13-14,19H2,1-4H3,(H,31,32,35). The van der Waals surface area contributed by atoms with Gasteiger partial charge in [-0.1, -0.05) is 41.4 Å². The molecule has 0 spiro atoms. The average Bonchev–Trinajstić information content (AvgIpc) is 3.38. The fourth-order valence-corrected chi connectivity index (χ4v) is 5.52. The van der Waals surface area contributed by atoms with Gasteiger partial charge < -0.3 is 14.2 Å². The van der Waals surface area contributed by atoms with Gasteiger partial charge in [0.05, 0.1) is 43.6 Å². The lowest BCUT2D eigenvalue weighted by Gasteiger charge is -2.21. The summed E-state index contributed by atoms with van der Waals surface area (Å²) in [4.78, 5) is 18.1. The summed E-state index contributed by atoms with van der Waals surface area (Å²) >= 11 is 6.07. The monoisotopic (exact) mass is 598 g/mol. The normalized spacial score (nSPS) is 11.5. The van der Waals surface area contributed by atoms with Gasteiger partial charge in [-0.2, -0.15) is 4.31 Å². The third-order valence-corrected chi connectivity index (χ3v) is 8.35. The van der Waals surface area contributed by atoms with Gasteiger partial charge in [-0.15, -0.1) is 0 Å². The summed E-state index contributed by atoms with van der Waals surface area (Å²) < 4.78 is 45.5. The van der Waals surface area contributed by atoms with Crippen LogP contribution in [0.1, 0.15) is 5.56 Å². The molecule has 1 amide bonds. The Kier molecular flexibility index (Phi) is 9.66. The number of nitrogens with zero attached hydrogens (tertiary/aromatic N) is 3. The Bertz CT molecular complexity index is 1580. The quantitative estimate of drug-likeness (QED) is 0.249. The number of sulfonamides is 1. The molecule has 216 valence electrons. The molecule has 0 unspecified atom stereocenters. The van der Waals surface area contributed by atoms with Crippen LogP contribution in [0.2, 0.25) is 5.02 Å². The van der Waals surface area contributed by atoms with Gasteiger partial charge in [-0.3, -0.25) is 14.7 Å². The summed E-state index contributed by atoms with van der Waals surface area (Å²) in [6.45, 7) is 1.50. The van der Waals surface area contributed by atoms with Crippen LogP contribution in [-0.4, -0.2) is 69.2 Å². The van der Waals surface area contributed by atoms with Crippen molar-refractivity contribution in [2.45, 2.75) is 11.8 Å². The molecule has 0 radical (unpaired) electrons. The average molecular weight is 599 g/mol. The van der Waals surface area contributed by atoms with Crippen LogP contribution in [0.15, 0.2) is 77.8 Å². The Balaban J connectivity index is 1.69. The maximum absolute atomic E-state index is 13.4. The fraction of sp³-hybridized carbons (Fsp3) is 0.241. The molecule has 0 atom stereocenters. The highest BCUT2D eigenvalue weighted by molar-refractivity contribution is 7.89. The zero-order valence-electron chi connectivity index (χ0n) is 23.1. The number of ether oxygens (including phenoxy) is 3. The van der Waals surface area contributed by atoms with Crippen LogP contribution in [0.5, 0.6) is 11.5 Å². The van der Waals surface area contributed by atoms with Crippen LogP contribution >= 0.6 is 11.6 Å². The van der Waals surface area contributed by atoms with Crippen LogP contribution in [0.3, 0.4) is 0 Å². The number of hydrogen-bond acceptors (Lipinski definition) is 7. The SMILES string of the molecule is COCCN(CC(=O)Nc1nc(-c2ccc(Cl)cc2)cn1-c1cc(OC)cc(OC)c1)S(=O)(=O)c1ccc(C)cc1. The third kappa shape index (κ3) is 7.25. The predicted molar refractivity (Wildman–Crippen MR) is 158 cm³/mol. The van der Waals surface area contributed by atoms with Gasteiger partial charge >= 0.3 is 0 Å². The number of aryl methyl sites for hydroxylation is 1. The maximum atomic E-state index is 13.4. The smallest absolute Gasteiger partial charge is 0.243 e. The first kappa shape index (κ1) is 30.1. The minimum absolute atomic E-state index is 0.0162. The van der Waals surface area contributed by atoms with Crippen molar-refractivity contribution in [3.63, 3.8) is 0 Å². The van der Waals surface area contributed by atoms with Crippen molar-refractivity contribution < 1.29 is 27.4 Å². The van der Waals surface area contributed by atoms with E-state index in [1.54, 1.807) is 53.2 Å². The van der Waals surface area contributed by atoms with Crippen molar-refractivity contribution >= 4 is 33.5 Å². The Labute approximate surface area is 244 Å². The van der Waals surface area contributed by atoms with E-state index in [2.05, 4.69) is 10.3 Å². The van der Waals surface area contributed by atoms with Gasteiger partial charge in [0.15, 0.2) is 0 Å². The van der Waals surface area contributed by atoms with E-state index < -0.39 is 22.5 Å². The molecule has 1 N–H and O–H groups in total. The number of halogens is 1. The molecule has 0 aliphatic heterocycles. The van der Waals surface area contributed by atoms with E-state index in [1.165, 1.54) is 33.5 Å².